The highest BCUT2D eigenvalue weighted by atomic mass is 16.6. The van der Waals surface area contributed by atoms with E-state index in [-0.39, 0.29) is 29.8 Å². The molecular formula is C20H30N4O6. The molecule has 166 valence electrons. The number of hydrogen-bond acceptors (Lipinski definition) is 7. The number of non-ortho nitro benzene ring substituents is 1. The van der Waals surface area contributed by atoms with Crippen molar-refractivity contribution in [3.05, 3.63) is 40.6 Å². The largest absolute Gasteiger partial charge is 0.444 e. The van der Waals surface area contributed by atoms with Gasteiger partial charge in [-0.05, 0) is 53.9 Å². The lowest BCUT2D eigenvalue weighted by atomic mass is 10.2. The van der Waals surface area contributed by atoms with Gasteiger partial charge in [-0.1, -0.05) is 0 Å². The number of benzene rings is 1. The highest BCUT2D eigenvalue weighted by Crippen LogP contribution is 2.21. The number of aromatic nitrogens is 1. The SMILES string of the molecule is CC=O.CN(C)CC(=O)n1ccc2ccc([N+](=O)[O-])cc21.CNC(=O)OC(C)(C)C. The van der Waals surface area contributed by atoms with Crippen LogP contribution in [0.3, 0.4) is 0 Å². The normalized spacial score (nSPS) is 10.3. The highest BCUT2D eigenvalue weighted by Gasteiger charge is 2.14. The summed E-state index contributed by atoms with van der Waals surface area (Å²) in [4.78, 5) is 43.3. The van der Waals surface area contributed by atoms with E-state index in [0.717, 1.165) is 11.7 Å². The molecular weight excluding hydrogens is 392 g/mol. The lowest BCUT2D eigenvalue weighted by Gasteiger charge is -2.18. The maximum Gasteiger partial charge on any atom is 0.407 e. The third kappa shape index (κ3) is 9.78. The van der Waals surface area contributed by atoms with Crippen molar-refractivity contribution in [2.45, 2.75) is 33.3 Å². The molecule has 30 heavy (non-hydrogen) atoms. The molecule has 0 aliphatic heterocycles. The van der Waals surface area contributed by atoms with Crippen molar-refractivity contribution in [2.24, 2.45) is 0 Å². The summed E-state index contributed by atoms with van der Waals surface area (Å²) in [5.41, 5.74) is 0.163. The number of amides is 1. The van der Waals surface area contributed by atoms with E-state index in [1.54, 1.807) is 37.3 Å². The third-order valence-electron chi connectivity index (χ3n) is 3.21. The summed E-state index contributed by atoms with van der Waals surface area (Å²) in [6.07, 6.45) is 2.00. The Bertz CT molecular complexity index is 868. The quantitative estimate of drug-likeness (QED) is 0.458. The van der Waals surface area contributed by atoms with Gasteiger partial charge in [0.2, 0.25) is 5.91 Å². The lowest BCUT2D eigenvalue weighted by Crippen LogP contribution is -2.30. The fourth-order valence-corrected chi connectivity index (χ4v) is 2.12. The molecule has 0 saturated carbocycles. The molecule has 0 unspecified atom stereocenters. The molecule has 1 heterocycles. The van der Waals surface area contributed by atoms with E-state index in [1.807, 2.05) is 20.8 Å². The fourth-order valence-electron chi connectivity index (χ4n) is 2.12. The van der Waals surface area contributed by atoms with Crippen LogP contribution in [0.1, 0.15) is 32.5 Å². The van der Waals surface area contributed by atoms with Crippen LogP contribution in [0.5, 0.6) is 0 Å². The van der Waals surface area contributed by atoms with Gasteiger partial charge in [-0.2, -0.15) is 0 Å². The molecule has 0 radical (unpaired) electrons. The van der Waals surface area contributed by atoms with Gasteiger partial charge in [0, 0.05) is 30.8 Å². The van der Waals surface area contributed by atoms with Crippen molar-refractivity contribution in [1.82, 2.24) is 14.8 Å². The van der Waals surface area contributed by atoms with Crippen LogP contribution in [-0.4, -0.2) is 66.0 Å². The summed E-state index contributed by atoms with van der Waals surface area (Å²) in [6, 6.07) is 6.27. The van der Waals surface area contributed by atoms with Gasteiger partial charge in [0.05, 0.1) is 17.0 Å². The van der Waals surface area contributed by atoms with Gasteiger partial charge in [-0.25, -0.2) is 4.79 Å². The first-order valence-corrected chi connectivity index (χ1v) is 9.10. The number of alkyl carbamates (subject to hydrolysis) is 1. The molecule has 0 bridgehead atoms. The molecule has 0 spiro atoms. The number of rotatable bonds is 3. The summed E-state index contributed by atoms with van der Waals surface area (Å²) in [7, 11) is 5.13. The zero-order valence-electron chi connectivity index (χ0n) is 18.5. The molecule has 0 aliphatic carbocycles. The number of likely N-dealkylation sites (N-methyl/N-ethyl adjacent to an activating group) is 1. The Morgan fingerprint density at radius 2 is 1.83 bits per heavy atom. The van der Waals surface area contributed by atoms with E-state index in [4.69, 9.17) is 9.53 Å². The van der Waals surface area contributed by atoms with Gasteiger partial charge in [0.15, 0.2) is 0 Å². The Morgan fingerprint density at radius 1 is 1.27 bits per heavy atom. The molecule has 1 N–H and O–H groups in total. The molecule has 1 aromatic heterocycles. The predicted molar refractivity (Wildman–Crippen MR) is 115 cm³/mol. The van der Waals surface area contributed by atoms with Gasteiger partial charge < -0.3 is 19.7 Å². The average Bonchev–Trinajstić information content (AvgIpc) is 3.04. The number of fused-ring (bicyclic) bond motifs is 1. The number of nitrogens with one attached hydrogen (secondary N) is 1. The van der Waals surface area contributed by atoms with E-state index in [2.05, 4.69) is 5.32 Å². The predicted octanol–water partition coefficient (Wildman–Crippen LogP) is 3.10. The third-order valence-corrected chi connectivity index (χ3v) is 3.21. The van der Waals surface area contributed by atoms with Crippen molar-refractivity contribution < 1.29 is 24.0 Å². The topological polar surface area (TPSA) is 124 Å². The molecule has 1 amide bonds. The lowest BCUT2D eigenvalue weighted by molar-refractivity contribution is -0.384. The highest BCUT2D eigenvalue weighted by molar-refractivity contribution is 5.94. The van der Waals surface area contributed by atoms with Crippen molar-refractivity contribution in [3.8, 4) is 0 Å². The van der Waals surface area contributed by atoms with E-state index >= 15 is 0 Å². The molecule has 0 aliphatic rings. The first-order chi connectivity index (χ1) is 13.9. The number of ether oxygens (including phenoxy) is 1. The van der Waals surface area contributed by atoms with Crippen LogP contribution in [-0.2, 0) is 9.53 Å². The van der Waals surface area contributed by atoms with E-state index < -0.39 is 4.92 Å². The number of nitrogens with zero attached hydrogens (tertiary/aromatic N) is 3. The van der Waals surface area contributed by atoms with Gasteiger partial charge in [-0.3, -0.25) is 19.5 Å². The minimum atomic E-state index is -0.465. The van der Waals surface area contributed by atoms with E-state index in [9.17, 15) is 19.7 Å². The maximum atomic E-state index is 12.0. The molecule has 2 rings (SSSR count). The number of hydrogen-bond donors (Lipinski definition) is 1. The second-order valence-electron chi connectivity index (χ2n) is 7.31. The number of aldehydes is 1. The van der Waals surface area contributed by atoms with Gasteiger partial charge in [0.25, 0.3) is 5.69 Å². The number of carbonyl (C=O) groups is 3. The van der Waals surface area contributed by atoms with Crippen molar-refractivity contribution in [3.63, 3.8) is 0 Å². The molecule has 2 aromatic rings. The van der Waals surface area contributed by atoms with Crippen LogP contribution in [0.4, 0.5) is 10.5 Å². The van der Waals surface area contributed by atoms with Gasteiger partial charge >= 0.3 is 6.09 Å². The first kappa shape index (κ1) is 26.7. The summed E-state index contributed by atoms with van der Waals surface area (Å²) >= 11 is 0. The van der Waals surface area contributed by atoms with Gasteiger partial charge in [0.1, 0.15) is 11.9 Å². The molecule has 0 fully saturated rings. The molecule has 10 nitrogen and oxygen atoms in total. The summed E-state index contributed by atoms with van der Waals surface area (Å²) in [6.45, 7) is 7.17. The second kappa shape index (κ2) is 12.3. The van der Waals surface area contributed by atoms with E-state index in [1.165, 1.54) is 30.7 Å². The maximum absolute atomic E-state index is 12.0. The van der Waals surface area contributed by atoms with Crippen LogP contribution in [0.25, 0.3) is 10.9 Å². The average molecular weight is 422 g/mol. The Kier molecular flexibility index (Phi) is 11.0. The molecule has 10 heteroatoms. The molecule has 0 atom stereocenters. The van der Waals surface area contributed by atoms with Crippen LogP contribution in [0.2, 0.25) is 0 Å². The second-order valence-corrected chi connectivity index (χ2v) is 7.31. The monoisotopic (exact) mass is 422 g/mol. The molecule has 1 aromatic carbocycles. The Morgan fingerprint density at radius 3 is 2.23 bits per heavy atom. The number of carbonyl (C=O) groups excluding carboxylic acids is 3. The number of nitro groups is 1. The van der Waals surface area contributed by atoms with Crippen LogP contribution >= 0.6 is 0 Å². The van der Waals surface area contributed by atoms with Crippen LogP contribution < -0.4 is 5.32 Å². The Balaban J connectivity index is 0.000000591. The smallest absolute Gasteiger partial charge is 0.407 e. The minimum Gasteiger partial charge on any atom is -0.444 e. The van der Waals surface area contributed by atoms with Crippen LogP contribution in [0, 0.1) is 10.1 Å². The van der Waals surface area contributed by atoms with Gasteiger partial charge in [-0.15, -0.1) is 0 Å². The zero-order valence-corrected chi connectivity index (χ0v) is 18.5. The van der Waals surface area contributed by atoms with Crippen molar-refractivity contribution in [1.29, 1.82) is 0 Å². The summed E-state index contributed by atoms with van der Waals surface area (Å²) in [5, 5.41) is 13.9. The standard InChI is InChI=1S/C12H13N3O3.C6H13NO2.C2H4O/c1-13(2)8-12(16)14-6-5-9-3-4-10(15(17)18)7-11(9)14;1-6(2,3)9-5(8)7-4;1-2-3/h3-7H,8H2,1-2H3;1-4H3,(H,7,8);2H,1H3. The summed E-state index contributed by atoms with van der Waals surface area (Å²) in [5.74, 6) is -0.115. The minimum absolute atomic E-state index is 0.0138. The zero-order chi connectivity index (χ0) is 23.5. The number of nitro benzene ring substituents is 1. The van der Waals surface area contributed by atoms with Crippen molar-refractivity contribution >= 4 is 34.9 Å². The molecule has 0 saturated heterocycles. The fraction of sp³-hybridized carbons (Fsp3) is 0.450. The first-order valence-electron chi connectivity index (χ1n) is 9.10. The van der Waals surface area contributed by atoms with E-state index in [0.29, 0.717) is 5.52 Å². The van der Waals surface area contributed by atoms with Crippen LogP contribution in [0.15, 0.2) is 30.5 Å². The summed E-state index contributed by atoms with van der Waals surface area (Å²) < 4.78 is 6.28. The Labute approximate surface area is 175 Å². The van der Waals surface area contributed by atoms with Crippen molar-refractivity contribution in [2.75, 3.05) is 27.7 Å². The Hall–Kier alpha value is -3.27.